The van der Waals surface area contributed by atoms with Crippen molar-refractivity contribution >= 4 is 41.0 Å². The number of nitrogens with zero attached hydrogens (tertiary/aromatic N) is 1. The summed E-state index contributed by atoms with van der Waals surface area (Å²) in [6, 6.07) is 4.56. The third kappa shape index (κ3) is 5.24. The smallest absolute Gasteiger partial charge is 0.341 e. The van der Waals surface area contributed by atoms with Gasteiger partial charge in [0.05, 0.1) is 22.2 Å². The van der Waals surface area contributed by atoms with Crippen LogP contribution in [0.4, 0.5) is 0 Å². The lowest BCUT2D eigenvalue weighted by Gasteiger charge is -2.11. The molecule has 0 atom stereocenters. The summed E-state index contributed by atoms with van der Waals surface area (Å²) < 4.78 is 4.80. The van der Waals surface area contributed by atoms with Crippen LogP contribution in [-0.2, 0) is 14.3 Å². The molecule has 0 aliphatic heterocycles. The molecule has 0 radical (unpaired) electrons. The Hall–Kier alpha value is -1.79. The van der Waals surface area contributed by atoms with Gasteiger partial charge in [-0.05, 0) is 12.1 Å². The van der Waals surface area contributed by atoms with E-state index in [1.165, 1.54) is 17.0 Å². The zero-order chi connectivity index (χ0) is 16.0. The highest BCUT2D eigenvalue weighted by molar-refractivity contribution is 6.39. The summed E-state index contributed by atoms with van der Waals surface area (Å²) in [6.45, 7) is -0.697. The molecule has 0 saturated heterocycles. The van der Waals surface area contributed by atoms with Gasteiger partial charge in [0.1, 0.15) is 0 Å². The molecule has 0 spiro atoms. The van der Waals surface area contributed by atoms with Gasteiger partial charge >= 0.3 is 5.97 Å². The molecular formula is C13H14Cl2N2O4. The highest BCUT2D eigenvalue weighted by atomic mass is 35.5. The zero-order valence-corrected chi connectivity index (χ0v) is 13.0. The van der Waals surface area contributed by atoms with E-state index in [0.29, 0.717) is 0 Å². The summed E-state index contributed by atoms with van der Waals surface area (Å²) in [4.78, 5) is 35.8. The molecule has 6 nitrogen and oxygen atoms in total. The van der Waals surface area contributed by atoms with Crippen molar-refractivity contribution in [3.63, 3.8) is 0 Å². The number of ether oxygens (including phenoxy) is 1. The maximum Gasteiger partial charge on any atom is 0.341 e. The van der Waals surface area contributed by atoms with Crippen molar-refractivity contribution < 1.29 is 19.1 Å². The lowest BCUT2D eigenvalue weighted by Crippen LogP contribution is -2.38. The van der Waals surface area contributed by atoms with Crippen LogP contribution in [0.25, 0.3) is 0 Å². The van der Waals surface area contributed by atoms with Crippen LogP contribution in [0.1, 0.15) is 10.4 Å². The fraction of sp³-hybridized carbons (Fsp3) is 0.308. The minimum atomic E-state index is -0.806. The number of nitrogens with one attached hydrogen (secondary N) is 1. The van der Waals surface area contributed by atoms with E-state index in [1.54, 1.807) is 20.2 Å². The Kier molecular flexibility index (Phi) is 6.45. The Morgan fingerprint density at radius 2 is 1.76 bits per heavy atom. The minimum Gasteiger partial charge on any atom is -0.452 e. The number of benzene rings is 1. The van der Waals surface area contributed by atoms with E-state index in [1.807, 2.05) is 0 Å². The molecule has 0 saturated carbocycles. The van der Waals surface area contributed by atoms with Gasteiger partial charge in [0, 0.05) is 14.1 Å². The van der Waals surface area contributed by atoms with Crippen LogP contribution in [0.2, 0.25) is 10.0 Å². The lowest BCUT2D eigenvalue weighted by atomic mass is 10.2. The molecule has 2 amide bonds. The largest absolute Gasteiger partial charge is 0.452 e. The average Bonchev–Trinajstić information content (AvgIpc) is 2.42. The first kappa shape index (κ1) is 17.3. The van der Waals surface area contributed by atoms with Crippen molar-refractivity contribution in [3.8, 4) is 0 Å². The van der Waals surface area contributed by atoms with Gasteiger partial charge < -0.3 is 15.0 Å². The predicted molar refractivity (Wildman–Crippen MR) is 78.4 cm³/mol. The van der Waals surface area contributed by atoms with Crippen molar-refractivity contribution in [2.75, 3.05) is 27.2 Å². The Balaban J connectivity index is 2.50. The maximum atomic E-state index is 11.8. The molecule has 8 heteroatoms. The molecular weight excluding hydrogens is 319 g/mol. The molecule has 114 valence electrons. The van der Waals surface area contributed by atoms with Crippen LogP contribution >= 0.6 is 23.2 Å². The number of hydrogen-bond acceptors (Lipinski definition) is 4. The minimum absolute atomic E-state index is 0.00185. The van der Waals surface area contributed by atoms with Gasteiger partial charge in [-0.3, -0.25) is 9.59 Å². The molecule has 0 aliphatic rings. The number of esters is 1. The molecule has 0 unspecified atom stereocenters. The normalized spacial score (nSPS) is 9.90. The monoisotopic (exact) mass is 332 g/mol. The first-order valence-electron chi connectivity index (χ1n) is 5.91. The van der Waals surface area contributed by atoms with E-state index in [0.717, 1.165) is 0 Å². The Morgan fingerprint density at radius 1 is 1.19 bits per heavy atom. The second-order valence-corrected chi connectivity index (χ2v) is 5.05. The third-order valence-electron chi connectivity index (χ3n) is 2.44. The summed E-state index contributed by atoms with van der Waals surface area (Å²) in [7, 11) is 3.13. The van der Waals surface area contributed by atoms with Gasteiger partial charge in [0.15, 0.2) is 6.61 Å². The third-order valence-corrected chi connectivity index (χ3v) is 3.07. The molecule has 0 aliphatic carbocycles. The fourth-order valence-electron chi connectivity index (χ4n) is 1.28. The van der Waals surface area contributed by atoms with Crippen molar-refractivity contribution in [2.24, 2.45) is 0 Å². The van der Waals surface area contributed by atoms with Crippen LogP contribution in [0.15, 0.2) is 18.2 Å². The summed E-state index contributed by atoms with van der Waals surface area (Å²) in [5.74, 6) is -1.68. The van der Waals surface area contributed by atoms with E-state index in [9.17, 15) is 14.4 Å². The Morgan fingerprint density at radius 3 is 2.29 bits per heavy atom. The number of hydrogen-bond donors (Lipinski definition) is 1. The highest BCUT2D eigenvalue weighted by Gasteiger charge is 2.17. The molecule has 1 aromatic rings. The molecule has 0 aromatic heterocycles. The molecule has 21 heavy (non-hydrogen) atoms. The number of amides is 2. The fourth-order valence-corrected chi connectivity index (χ4v) is 1.83. The van der Waals surface area contributed by atoms with Crippen LogP contribution < -0.4 is 5.32 Å². The topological polar surface area (TPSA) is 75.7 Å². The van der Waals surface area contributed by atoms with E-state index in [4.69, 9.17) is 27.9 Å². The van der Waals surface area contributed by atoms with E-state index >= 15 is 0 Å². The molecule has 0 heterocycles. The summed E-state index contributed by atoms with van der Waals surface area (Å²) in [5.41, 5.74) is -0.00185. The van der Waals surface area contributed by atoms with E-state index in [-0.39, 0.29) is 28.1 Å². The van der Waals surface area contributed by atoms with Crippen LogP contribution in [-0.4, -0.2) is 49.9 Å². The molecule has 0 fully saturated rings. The first-order valence-corrected chi connectivity index (χ1v) is 6.66. The van der Waals surface area contributed by atoms with Gasteiger partial charge in [-0.25, -0.2) is 4.79 Å². The summed E-state index contributed by atoms with van der Waals surface area (Å²) >= 11 is 11.7. The van der Waals surface area contributed by atoms with Gasteiger partial charge in [-0.15, -0.1) is 0 Å². The first-order chi connectivity index (χ1) is 9.82. The van der Waals surface area contributed by atoms with Gasteiger partial charge in [0.25, 0.3) is 5.91 Å². The Bertz CT molecular complexity index is 541. The predicted octanol–water partition coefficient (Wildman–Crippen LogP) is 1.35. The molecule has 1 aromatic carbocycles. The SMILES string of the molecule is CN(C)C(=O)CNC(=O)COC(=O)c1c(Cl)cccc1Cl. The maximum absolute atomic E-state index is 11.8. The number of rotatable bonds is 5. The number of likely N-dealkylation sites (N-methyl/N-ethyl adjacent to an activating group) is 1. The molecule has 1 N–H and O–H groups in total. The van der Waals surface area contributed by atoms with E-state index < -0.39 is 18.5 Å². The van der Waals surface area contributed by atoms with Gasteiger partial charge in [-0.1, -0.05) is 29.3 Å². The van der Waals surface area contributed by atoms with Crippen LogP contribution in [0, 0.1) is 0 Å². The lowest BCUT2D eigenvalue weighted by molar-refractivity contribution is -0.131. The molecule has 0 bridgehead atoms. The van der Waals surface area contributed by atoms with Gasteiger partial charge in [-0.2, -0.15) is 0 Å². The number of halogens is 2. The summed E-state index contributed by atoms with van der Waals surface area (Å²) in [5, 5.41) is 2.60. The molecule has 1 rings (SSSR count). The second kappa shape index (κ2) is 7.85. The van der Waals surface area contributed by atoms with Crippen LogP contribution in [0.5, 0.6) is 0 Å². The van der Waals surface area contributed by atoms with E-state index in [2.05, 4.69) is 5.32 Å². The Labute approximate surface area is 132 Å². The number of carbonyl (C=O) groups excluding carboxylic acids is 3. The van der Waals surface area contributed by atoms with Crippen molar-refractivity contribution in [1.29, 1.82) is 0 Å². The standard InChI is InChI=1S/C13H14Cl2N2O4/c1-17(2)11(19)6-16-10(18)7-21-13(20)12-8(14)4-3-5-9(12)15/h3-5H,6-7H2,1-2H3,(H,16,18). The quantitative estimate of drug-likeness (QED) is 0.826. The highest BCUT2D eigenvalue weighted by Crippen LogP contribution is 2.24. The average molecular weight is 333 g/mol. The van der Waals surface area contributed by atoms with Crippen LogP contribution in [0.3, 0.4) is 0 Å². The second-order valence-electron chi connectivity index (χ2n) is 4.24. The zero-order valence-electron chi connectivity index (χ0n) is 11.5. The van der Waals surface area contributed by atoms with Crippen molar-refractivity contribution in [3.05, 3.63) is 33.8 Å². The summed E-state index contributed by atoms with van der Waals surface area (Å²) in [6.07, 6.45) is 0. The van der Waals surface area contributed by atoms with Gasteiger partial charge in [0.2, 0.25) is 5.91 Å². The van der Waals surface area contributed by atoms with Crippen molar-refractivity contribution in [2.45, 2.75) is 0 Å². The number of carbonyl (C=O) groups is 3. The van der Waals surface area contributed by atoms with Crippen molar-refractivity contribution in [1.82, 2.24) is 10.2 Å².